The fraction of sp³-hybridized carbons (Fsp3) is 0.0667. The lowest BCUT2D eigenvalue weighted by Crippen LogP contribution is -2.23. The highest BCUT2D eigenvalue weighted by Gasteiger charge is 2.30. The third-order valence-electron chi connectivity index (χ3n) is 2.96. The second kappa shape index (κ2) is 8.15. The van der Waals surface area contributed by atoms with Gasteiger partial charge < -0.3 is 5.73 Å². The van der Waals surface area contributed by atoms with Gasteiger partial charge in [-0.15, -0.1) is 0 Å². The first-order chi connectivity index (χ1) is 12.2. The third-order valence-corrected chi connectivity index (χ3v) is 4.10. The molecule has 0 bridgehead atoms. The number of halogens is 3. The summed E-state index contributed by atoms with van der Waals surface area (Å²) in [5.41, 5.74) is 6.83. The standard InChI is InChI=1S/C15H11F3N4O2S2/c16-15(17,18)10-2-1-3-11(7-10)26-13-5-4-9(6-12(13)22(23)24)8-20-21-14(19)25/h1-8H,(H3,19,21,25). The van der Waals surface area contributed by atoms with Crippen LogP contribution in [0.4, 0.5) is 18.9 Å². The van der Waals surface area contributed by atoms with Crippen LogP contribution in [0.5, 0.6) is 0 Å². The maximum absolute atomic E-state index is 12.8. The predicted molar refractivity (Wildman–Crippen MR) is 96.2 cm³/mol. The zero-order chi connectivity index (χ0) is 19.3. The highest BCUT2D eigenvalue weighted by atomic mass is 32.2. The van der Waals surface area contributed by atoms with Gasteiger partial charge in [-0.2, -0.15) is 18.3 Å². The second-order valence-electron chi connectivity index (χ2n) is 4.85. The molecule has 0 atom stereocenters. The lowest BCUT2D eigenvalue weighted by Gasteiger charge is -2.09. The molecule has 0 radical (unpaired) electrons. The molecule has 2 rings (SSSR count). The summed E-state index contributed by atoms with van der Waals surface area (Å²) in [5.74, 6) is 0. The van der Waals surface area contributed by atoms with Gasteiger partial charge in [0.25, 0.3) is 5.69 Å². The first-order valence-electron chi connectivity index (χ1n) is 6.89. The van der Waals surface area contributed by atoms with E-state index in [1.54, 1.807) is 0 Å². The van der Waals surface area contributed by atoms with Crippen molar-refractivity contribution in [2.24, 2.45) is 10.8 Å². The van der Waals surface area contributed by atoms with E-state index in [0.717, 1.165) is 23.9 Å². The summed E-state index contributed by atoms with van der Waals surface area (Å²) >= 11 is 5.44. The van der Waals surface area contributed by atoms with Crippen LogP contribution in [-0.2, 0) is 6.18 Å². The normalized spacial score (nSPS) is 11.5. The Morgan fingerprint density at radius 1 is 1.31 bits per heavy atom. The molecule has 0 aromatic heterocycles. The van der Waals surface area contributed by atoms with Gasteiger partial charge in [0.05, 0.1) is 21.6 Å². The van der Waals surface area contributed by atoms with Gasteiger partial charge in [0, 0.05) is 16.5 Å². The number of hydrazone groups is 1. The van der Waals surface area contributed by atoms with Gasteiger partial charge in [-0.25, -0.2) is 0 Å². The quantitative estimate of drug-likeness (QED) is 0.342. The van der Waals surface area contributed by atoms with Crippen LogP contribution in [0, 0.1) is 10.1 Å². The van der Waals surface area contributed by atoms with Crippen molar-refractivity contribution in [2.75, 3.05) is 0 Å². The van der Waals surface area contributed by atoms with E-state index in [4.69, 9.17) is 5.73 Å². The third kappa shape index (κ3) is 5.43. The van der Waals surface area contributed by atoms with Gasteiger partial charge in [-0.1, -0.05) is 23.9 Å². The van der Waals surface area contributed by atoms with Gasteiger partial charge >= 0.3 is 6.18 Å². The van der Waals surface area contributed by atoms with Crippen LogP contribution in [0.25, 0.3) is 0 Å². The van der Waals surface area contributed by atoms with Crippen LogP contribution in [0.3, 0.4) is 0 Å². The topological polar surface area (TPSA) is 93.5 Å². The first kappa shape index (κ1) is 19.7. The molecule has 2 aromatic rings. The van der Waals surface area contributed by atoms with Gasteiger partial charge in [0.2, 0.25) is 0 Å². The molecule has 0 aliphatic carbocycles. The minimum atomic E-state index is -4.49. The van der Waals surface area contributed by atoms with Crippen LogP contribution in [-0.4, -0.2) is 16.3 Å². The number of nitrogens with zero attached hydrogens (tertiary/aromatic N) is 2. The SMILES string of the molecule is NC(=S)NN=Cc1ccc(Sc2cccc(C(F)(F)F)c2)c([N+](=O)[O-])c1. The fourth-order valence-electron chi connectivity index (χ4n) is 1.88. The van der Waals surface area contributed by atoms with Crippen molar-refractivity contribution in [3.63, 3.8) is 0 Å². The molecule has 0 amide bonds. The number of alkyl halides is 3. The molecule has 0 saturated carbocycles. The van der Waals surface area contributed by atoms with Crippen LogP contribution in [0.2, 0.25) is 0 Å². The van der Waals surface area contributed by atoms with E-state index in [1.165, 1.54) is 36.5 Å². The molecule has 136 valence electrons. The molecule has 0 heterocycles. The second-order valence-corrected chi connectivity index (χ2v) is 6.40. The lowest BCUT2D eigenvalue weighted by molar-refractivity contribution is -0.387. The van der Waals surface area contributed by atoms with Crippen molar-refractivity contribution >= 4 is 41.0 Å². The summed E-state index contributed by atoms with van der Waals surface area (Å²) < 4.78 is 38.4. The number of rotatable bonds is 5. The zero-order valence-electron chi connectivity index (χ0n) is 12.9. The molecule has 2 aromatic carbocycles. The van der Waals surface area contributed by atoms with Crippen molar-refractivity contribution in [3.8, 4) is 0 Å². The summed E-state index contributed by atoms with van der Waals surface area (Å²) in [6.07, 6.45) is -3.20. The highest BCUT2D eigenvalue weighted by molar-refractivity contribution is 7.99. The molecule has 0 unspecified atom stereocenters. The van der Waals surface area contributed by atoms with E-state index in [1.807, 2.05) is 0 Å². The molecule has 26 heavy (non-hydrogen) atoms. The van der Waals surface area contributed by atoms with E-state index in [0.29, 0.717) is 5.56 Å². The van der Waals surface area contributed by atoms with Crippen molar-refractivity contribution in [2.45, 2.75) is 16.0 Å². The van der Waals surface area contributed by atoms with Crippen LogP contribution < -0.4 is 11.2 Å². The van der Waals surface area contributed by atoms with E-state index < -0.39 is 16.7 Å². The molecule has 6 nitrogen and oxygen atoms in total. The predicted octanol–water partition coefficient (Wildman–Crippen LogP) is 3.93. The molecular weight excluding hydrogens is 389 g/mol. The Kier molecular flexibility index (Phi) is 6.16. The lowest BCUT2D eigenvalue weighted by atomic mass is 10.2. The zero-order valence-corrected chi connectivity index (χ0v) is 14.5. The number of nitrogens with one attached hydrogen (secondary N) is 1. The van der Waals surface area contributed by atoms with E-state index in [9.17, 15) is 23.3 Å². The average Bonchev–Trinajstić information content (AvgIpc) is 2.55. The fourth-order valence-corrected chi connectivity index (χ4v) is 2.89. The maximum Gasteiger partial charge on any atom is 0.416 e. The molecule has 0 aliphatic rings. The monoisotopic (exact) mass is 400 g/mol. The van der Waals surface area contributed by atoms with Gasteiger partial charge in [0.1, 0.15) is 0 Å². The van der Waals surface area contributed by atoms with Crippen molar-refractivity contribution in [3.05, 3.63) is 63.7 Å². The first-order valence-corrected chi connectivity index (χ1v) is 8.11. The summed E-state index contributed by atoms with van der Waals surface area (Å²) in [6, 6.07) is 8.80. The molecule has 0 spiro atoms. The van der Waals surface area contributed by atoms with Gasteiger partial charge in [0.15, 0.2) is 5.11 Å². The minimum Gasteiger partial charge on any atom is -0.375 e. The van der Waals surface area contributed by atoms with Crippen LogP contribution in [0.15, 0.2) is 57.4 Å². The van der Waals surface area contributed by atoms with E-state index >= 15 is 0 Å². The number of hydrogen-bond donors (Lipinski definition) is 2. The molecule has 11 heteroatoms. The van der Waals surface area contributed by atoms with Gasteiger partial charge in [-0.05, 0) is 36.5 Å². The Labute approximate surface area is 155 Å². The molecule has 0 fully saturated rings. The number of thiocarbonyl (C=S) groups is 1. The highest BCUT2D eigenvalue weighted by Crippen LogP contribution is 2.38. The Bertz CT molecular complexity index is 872. The smallest absolute Gasteiger partial charge is 0.375 e. The average molecular weight is 400 g/mol. The number of benzene rings is 2. The molecular formula is C15H11F3N4O2S2. The van der Waals surface area contributed by atoms with Crippen molar-refractivity contribution in [1.29, 1.82) is 0 Å². The number of nitro groups is 1. The van der Waals surface area contributed by atoms with E-state index in [-0.39, 0.29) is 20.6 Å². The van der Waals surface area contributed by atoms with Crippen molar-refractivity contribution in [1.82, 2.24) is 5.43 Å². The molecule has 0 saturated heterocycles. The Morgan fingerprint density at radius 3 is 2.65 bits per heavy atom. The number of nitro benzene ring substituents is 1. The Balaban J connectivity index is 2.31. The number of nitrogens with two attached hydrogens (primary N) is 1. The summed E-state index contributed by atoms with van der Waals surface area (Å²) in [7, 11) is 0. The molecule has 0 aliphatic heterocycles. The Morgan fingerprint density at radius 2 is 2.04 bits per heavy atom. The van der Waals surface area contributed by atoms with Gasteiger partial charge in [-0.3, -0.25) is 15.5 Å². The van der Waals surface area contributed by atoms with Crippen molar-refractivity contribution < 1.29 is 18.1 Å². The van der Waals surface area contributed by atoms with E-state index in [2.05, 4.69) is 22.7 Å². The maximum atomic E-state index is 12.8. The Hall–Kier alpha value is -2.66. The summed E-state index contributed by atoms with van der Waals surface area (Å²) in [4.78, 5) is 11.1. The molecule has 3 N–H and O–H groups in total. The number of hydrogen-bond acceptors (Lipinski definition) is 5. The van der Waals surface area contributed by atoms with Crippen LogP contribution >= 0.6 is 24.0 Å². The minimum absolute atomic E-state index is 0.0625. The largest absolute Gasteiger partial charge is 0.416 e. The summed E-state index contributed by atoms with van der Waals surface area (Å²) in [6.45, 7) is 0. The summed E-state index contributed by atoms with van der Waals surface area (Å²) in [5, 5.41) is 14.9. The van der Waals surface area contributed by atoms with Crippen LogP contribution in [0.1, 0.15) is 11.1 Å².